The second-order valence-corrected chi connectivity index (χ2v) is 4.73. The minimum atomic E-state index is 0.170. The third-order valence-electron chi connectivity index (χ3n) is 1.97. The maximum Gasteiger partial charge on any atom is 0.0717 e. The molecule has 0 aromatic heterocycles. The minimum Gasteiger partial charge on any atom is -0.289 e. The average molecular weight is 189 g/mol. The van der Waals surface area contributed by atoms with Crippen molar-refractivity contribution in [2.45, 2.75) is 33.7 Å². The number of hydrogen-bond acceptors (Lipinski definition) is 1. The van der Waals surface area contributed by atoms with Crippen LogP contribution in [0.4, 0.5) is 0 Å². The van der Waals surface area contributed by atoms with Gasteiger partial charge in [-0.2, -0.15) is 0 Å². The third-order valence-corrected chi connectivity index (χ3v) is 1.97. The summed E-state index contributed by atoms with van der Waals surface area (Å²) in [6.07, 6.45) is 2.03. The second-order valence-electron chi connectivity index (χ2n) is 4.73. The summed E-state index contributed by atoms with van der Waals surface area (Å²) in [6.45, 7) is 8.61. The summed E-state index contributed by atoms with van der Waals surface area (Å²) in [5.74, 6) is 0. The molecule has 1 heteroatoms. The Morgan fingerprint density at radius 2 is 1.71 bits per heavy atom. The Balaban J connectivity index is 2.69. The van der Waals surface area contributed by atoms with Crippen molar-refractivity contribution < 1.29 is 0 Å². The van der Waals surface area contributed by atoms with Crippen molar-refractivity contribution in [3.63, 3.8) is 0 Å². The summed E-state index contributed by atoms with van der Waals surface area (Å²) in [4.78, 5) is 4.54. The molecule has 0 saturated heterocycles. The van der Waals surface area contributed by atoms with Gasteiger partial charge in [-0.15, -0.1) is 0 Å². The van der Waals surface area contributed by atoms with Crippen molar-refractivity contribution in [1.29, 1.82) is 0 Å². The zero-order chi connectivity index (χ0) is 10.6. The number of hydrogen-bond donors (Lipinski definition) is 0. The molecule has 0 fully saturated rings. The number of nitrogens with zero attached hydrogens (tertiary/aromatic N) is 1. The zero-order valence-electron chi connectivity index (χ0n) is 9.49. The molecule has 14 heavy (non-hydrogen) atoms. The van der Waals surface area contributed by atoms with Crippen LogP contribution >= 0.6 is 0 Å². The quantitative estimate of drug-likeness (QED) is 0.626. The fourth-order valence-electron chi connectivity index (χ4n) is 1.15. The Morgan fingerprint density at radius 3 is 2.21 bits per heavy atom. The molecule has 0 unspecified atom stereocenters. The molecule has 0 heterocycles. The first-order chi connectivity index (χ1) is 6.49. The molecule has 76 valence electrons. The van der Waals surface area contributed by atoms with Gasteiger partial charge < -0.3 is 0 Å². The van der Waals surface area contributed by atoms with Crippen LogP contribution in [-0.4, -0.2) is 6.21 Å². The largest absolute Gasteiger partial charge is 0.289 e. The molecule has 0 aliphatic carbocycles. The molecule has 0 bridgehead atoms. The van der Waals surface area contributed by atoms with Crippen LogP contribution in [0, 0.1) is 5.41 Å². The van der Waals surface area contributed by atoms with Crippen LogP contribution in [0.25, 0.3) is 0 Å². The normalized spacial score (nSPS) is 14.6. The molecule has 0 N–H and O–H groups in total. The molecule has 1 atom stereocenters. The lowest BCUT2D eigenvalue weighted by Gasteiger charge is -2.13. The molecule has 1 nitrogen and oxygen atoms in total. The van der Waals surface area contributed by atoms with E-state index >= 15 is 0 Å². The van der Waals surface area contributed by atoms with Gasteiger partial charge in [0.25, 0.3) is 0 Å². The summed E-state index contributed by atoms with van der Waals surface area (Å²) in [5.41, 5.74) is 1.44. The van der Waals surface area contributed by atoms with E-state index in [9.17, 15) is 0 Å². The van der Waals surface area contributed by atoms with Crippen LogP contribution in [0.15, 0.2) is 35.3 Å². The monoisotopic (exact) mass is 189 g/mol. The lowest BCUT2D eigenvalue weighted by atomic mass is 9.99. The first kappa shape index (κ1) is 11.0. The highest BCUT2D eigenvalue weighted by molar-refractivity contribution is 5.64. The van der Waals surface area contributed by atoms with E-state index in [0.717, 1.165) is 0 Å². The van der Waals surface area contributed by atoms with Gasteiger partial charge >= 0.3 is 0 Å². The number of rotatable bonds is 2. The van der Waals surface area contributed by atoms with Crippen molar-refractivity contribution in [1.82, 2.24) is 0 Å². The van der Waals surface area contributed by atoms with E-state index < -0.39 is 0 Å². The summed E-state index contributed by atoms with van der Waals surface area (Å²) in [7, 11) is 0. The van der Waals surface area contributed by atoms with Gasteiger partial charge in [-0.25, -0.2) is 0 Å². The van der Waals surface area contributed by atoms with E-state index in [0.29, 0.717) is 0 Å². The van der Waals surface area contributed by atoms with Gasteiger partial charge in [-0.3, -0.25) is 4.99 Å². The van der Waals surface area contributed by atoms with Crippen LogP contribution in [-0.2, 0) is 0 Å². The average Bonchev–Trinajstić information content (AvgIpc) is 2.14. The molecule has 0 aliphatic heterocycles. The molecule has 0 spiro atoms. The maximum absolute atomic E-state index is 4.54. The predicted octanol–water partition coefficient (Wildman–Crippen LogP) is 3.86. The summed E-state index contributed by atoms with van der Waals surface area (Å²) in [6, 6.07) is 10.6. The minimum absolute atomic E-state index is 0.170. The number of benzene rings is 1. The van der Waals surface area contributed by atoms with E-state index in [1.165, 1.54) is 5.56 Å². The first-order valence-electron chi connectivity index (χ1n) is 5.08. The van der Waals surface area contributed by atoms with Crippen molar-refractivity contribution >= 4 is 6.21 Å². The highest BCUT2D eigenvalue weighted by atomic mass is 14.8. The highest BCUT2D eigenvalue weighted by Gasteiger charge is 2.07. The molecule has 1 aromatic carbocycles. The fourth-order valence-corrected chi connectivity index (χ4v) is 1.15. The van der Waals surface area contributed by atoms with E-state index in [1.54, 1.807) is 0 Å². The van der Waals surface area contributed by atoms with Gasteiger partial charge in [0.1, 0.15) is 0 Å². The van der Waals surface area contributed by atoms with Crippen molar-refractivity contribution in [3.8, 4) is 0 Å². The third kappa shape index (κ3) is 3.73. The SMILES string of the molecule is C[C@H](/N=C/C(C)(C)C)c1ccccc1. The molecular weight excluding hydrogens is 170 g/mol. The van der Waals surface area contributed by atoms with E-state index in [2.05, 4.69) is 57.0 Å². The van der Waals surface area contributed by atoms with Crippen LogP contribution < -0.4 is 0 Å². The van der Waals surface area contributed by atoms with Crippen molar-refractivity contribution in [2.75, 3.05) is 0 Å². The van der Waals surface area contributed by atoms with Crippen LogP contribution in [0.1, 0.15) is 39.3 Å². The molecule has 0 aliphatic rings. The Bertz CT molecular complexity index is 293. The summed E-state index contributed by atoms with van der Waals surface area (Å²) >= 11 is 0. The predicted molar refractivity (Wildman–Crippen MR) is 62.8 cm³/mol. The summed E-state index contributed by atoms with van der Waals surface area (Å²) < 4.78 is 0. The first-order valence-corrected chi connectivity index (χ1v) is 5.08. The summed E-state index contributed by atoms with van der Waals surface area (Å²) in [5, 5.41) is 0. The smallest absolute Gasteiger partial charge is 0.0717 e. The topological polar surface area (TPSA) is 12.4 Å². The van der Waals surface area contributed by atoms with Crippen molar-refractivity contribution in [3.05, 3.63) is 35.9 Å². The molecule has 0 saturated carbocycles. The highest BCUT2D eigenvalue weighted by Crippen LogP contribution is 2.17. The van der Waals surface area contributed by atoms with Crippen LogP contribution in [0.2, 0.25) is 0 Å². The lowest BCUT2D eigenvalue weighted by Crippen LogP contribution is -2.07. The molecule has 0 radical (unpaired) electrons. The van der Waals surface area contributed by atoms with E-state index in [4.69, 9.17) is 0 Å². The fraction of sp³-hybridized carbons (Fsp3) is 0.462. The molecule has 1 rings (SSSR count). The Hall–Kier alpha value is -1.11. The van der Waals surface area contributed by atoms with E-state index in [1.807, 2.05) is 12.3 Å². The second kappa shape index (κ2) is 4.41. The van der Waals surface area contributed by atoms with Gasteiger partial charge in [-0.1, -0.05) is 51.1 Å². The van der Waals surface area contributed by atoms with Crippen LogP contribution in [0.3, 0.4) is 0 Å². The Labute approximate surface area is 86.9 Å². The Morgan fingerprint density at radius 1 is 1.14 bits per heavy atom. The van der Waals surface area contributed by atoms with Crippen LogP contribution in [0.5, 0.6) is 0 Å². The standard InChI is InChI=1S/C13H19N/c1-11(14-10-13(2,3)4)12-8-6-5-7-9-12/h5-11H,1-4H3/b14-10+/t11-/m0/s1. The maximum atomic E-state index is 4.54. The molecule has 1 aromatic rings. The van der Waals surface area contributed by atoms with Gasteiger partial charge in [-0.05, 0) is 17.9 Å². The van der Waals surface area contributed by atoms with Gasteiger partial charge in [0.2, 0.25) is 0 Å². The lowest BCUT2D eigenvalue weighted by molar-refractivity contribution is 0.599. The van der Waals surface area contributed by atoms with Crippen molar-refractivity contribution in [2.24, 2.45) is 10.4 Å². The Kier molecular flexibility index (Phi) is 3.45. The van der Waals surface area contributed by atoms with Gasteiger partial charge in [0.15, 0.2) is 0 Å². The zero-order valence-corrected chi connectivity index (χ0v) is 9.49. The van der Waals surface area contributed by atoms with E-state index in [-0.39, 0.29) is 11.5 Å². The van der Waals surface area contributed by atoms with Gasteiger partial charge in [0.05, 0.1) is 6.04 Å². The number of aliphatic imine (C=N–C) groups is 1. The molecular formula is C13H19N. The molecule has 0 amide bonds. The van der Waals surface area contributed by atoms with Gasteiger partial charge in [0, 0.05) is 6.21 Å².